The Morgan fingerprint density at radius 1 is 1.28 bits per heavy atom. The SMILES string of the molecule is CC1(C)NCCN(CCn2ccccc2=O)C1=O. The largest absolute Gasteiger partial charge is 0.338 e. The van der Waals surface area contributed by atoms with Crippen LogP contribution in [0, 0.1) is 0 Å². The molecule has 2 rings (SSSR count). The van der Waals surface area contributed by atoms with E-state index < -0.39 is 5.54 Å². The topological polar surface area (TPSA) is 54.3 Å². The molecule has 1 saturated heterocycles. The summed E-state index contributed by atoms with van der Waals surface area (Å²) in [6.45, 7) is 6.38. The molecule has 1 N–H and O–H groups in total. The highest BCUT2D eigenvalue weighted by molar-refractivity contribution is 5.86. The van der Waals surface area contributed by atoms with E-state index in [0.29, 0.717) is 19.6 Å². The van der Waals surface area contributed by atoms with Gasteiger partial charge in [-0.2, -0.15) is 0 Å². The van der Waals surface area contributed by atoms with Crippen LogP contribution in [0.1, 0.15) is 13.8 Å². The van der Waals surface area contributed by atoms with Gasteiger partial charge in [0.05, 0.1) is 5.54 Å². The molecule has 2 heterocycles. The molecule has 5 nitrogen and oxygen atoms in total. The van der Waals surface area contributed by atoms with Crippen molar-refractivity contribution in [3.05, 3.63) is 34.7 Å². The lowest BCUT2D eigenvalue weighted by Gasteiger charge is -2.38. The fraction of sp³-hybridized carbons (Fsp3) is 0.538. The maximum Gasteiger partial charge on any atom is 0.250 e. The first-order valence-corrected chi connectivity index (χ1v) is 6.20. The molecule has 5 heteroatoms. The van der Waals surface area contributed by atoms with Gasteiger partial charge in [0.2, 0.25) is 5.91 Å². The predicted octanol–water partition coefficient (Wildman–Crippen LogP) is 0.0587. The van der Waals surface area contributed by atoms with Crippen molar-refractivity contribution in [3.8, 4) is 0 Å². The van der Waals surface area contributed by atoms with Gasteiger partial charge in [-0.1, -0.05) is 6.07 Å². The molecule has 0 bridgehead atoms. The number of carbonyl (C=O) groups is 1. The number of amides is 1. The van der Waals surface area contributed by atoms with Gasteiger partial charge in [0.1, 0.15) is 0 Å². The quantitative estimate of drug-likeness (QED) is 0.824. The second kappa shape index (κ2) is 4.94. The molecule has 1 aromatic rings. The van der Waals surface area contributed by atoms with Gasteiger partial charge in [-0.25, -0.2) is 0 Å². The lowest BCUT2D eigenvalue weighted by Crippen LogP contribution is -2.61. The molecule has 0 saturated carbocycles. The van der Waals surface area contributed by atoms with Crippen LogP contribution in [0.25, 0.3) is 0 Å². The van der Waals surface area contributed by atoms with Crippen LogP contribution >= 0.6 is 0 Å². The van der Waals surface area contributed by atoms with E-state index >= 15 is 0 Å². The average molecular weight is 249 g/mol. The number of rotatable bonds is 3. The third kappa shape index (κ3) is 2.61. The zero-order valence-electron chi connectivity index (χ0n) is 10.8. The number of nitrogens with one attached hydrogen (secondary N) is 1. The van der Waals surface area contributed by atoms with Crippen LogP contribution in [0.2, 0.25) is 0 Å². The van der Waals surface area contributed by atoms with Gasteiger partial charge in [-0.15, -0.1) is 0 Å². The van der Waals surface area contributed by atoms with Crippen LogP contribution in [0.15, 0.2) is 29.2 Å². The smallest absolute Gasteiger partial charge is 0.250 e. The molecule has 0 atom stereocenters. The second-order valence-electron chi connectivity index (χ2n) is 5.08. The summed E-state index contributed by atoms with van der Waals surface area (Å²) in [6.07, 6.45) is 1.75. The first-order valence-electron chi connectivity index (χ1n) is 6.20. The standard InChI is InChI=1S/C13H19N3O2/c1-13(2)12(18)16(8-6-14-13)10-9-15-7-4-3-5-11(15)17/h3-5,7,14H,6,8-10H2,1-2H3. The minimum absolute atomic E-state index is 0.0284. The molecular formula is C13H19N3O2. The minimum atomic E-state index is -0.500. The molecule has 0 aliphatic carbocycles. The molecule has 0 unspecified atom stereocenters. The van der Waals surface area contributed by atoms with Crippen molar-refractivity contribution in [1.82, 2.24) is 14.8 Å². The third-order valence-electron chi connectivity index (χ3n) is 3.28. The van der Waals surface area contributed by atoms with Crippen molar-refractivity contribution < 1.29 is 4.79 Å². The summed E-state index contributed by atoms with van der Waals surface area (Å²) in [4.78, 5) is 25.5. The van der Waals surface area contributed by atoms with E-state index in [1.54, 1.807) is 16.8 Å². The van der Waals surface area contributed by atoms with E-state index in [2.05, 4.69) is 5.32 Å². The summed E-state index contributed by atoms with van der Waals surface area (Å²) in [5, 5.41) is 3.19. The van der Waals surface area contributed by atoms with Crippen molar-refractivity contribution >= 4 is 5.91 Å². The Morgan fingerprint density at radius 2 is 2.06 bits per heavy atom. The summed E-state index contributed by atoms with van der Waals surface area (Å²) in [7, 11) is 0. The van der Waals surface area contributed by atoms with Crippen molar-refractivity contribution in [2.45, 2.75) is 25.9 Å². The molecule has 98 valence electrons. The van der Waals surface area contributed by atoms with Crippen LogP contribution < -0.4 is 10.9 Å². The average Bonchev–Trinajstić information content (AvgIpc) is 2.33. The van der Waals surface area contributed by atoms with E-state index in [0.717, 1.165) is 6.54 Å². The Morgan fingerprint density at radius 3 is 2.78 bits per heavy atom. The number of hydrogen-bond acceptors (Lipinski definition) is 3. The van der Waals surface area contributed by atoms with E-state index in [9.17, 15) is 9.59 Å². The highest BCUT2D eigenvalue weighted by Crippen LogP contribution is 2.11. The molecule has 1 amide bonds. The number of hydrogen-bond donors (Lipinski definition) is 1. The van der Waals surface area contributed by atoms with Crippen molar-refractivity contribution in [2.24, 2.45) is 0 Å². The zero-order valence-corrected chi connectivity index (χ0v) is 10.8. The Labute approximate surface area is 106 Å². The number of carbonyl (C=O) groups excluding carboxylic acids is 1. The van der Waals surface area contributed by atoms with Crippen molar-refractivity contribution in [1.29, 1.82) is 0 Å². The molecule has 0 aromatic carbocycles. The summed E-state index contributed by atoms with van der Waals surface area (Å²) in [6, 6.07) is 5.08. The van der Waals surface area contributed by atoms with Gasteiger partial charge in [-0.3, -0.25) is 9.59 Å². The molecule has 0 spiro atoms. The fourth-order valence-corrected chi connectivity index (χ4v) is 2.16. The maximum atomic E-state index is 12.1. The molecule has 1 aliphatic heterocycles. The Bertz CT molecular complexity index is 493. The van der Waals surface area contributed by atoms with Crippen LogP contribution in [-0.2, 0) is 11.3 Å². The molecule has 1 fully saturated rings. The number of piperazine rings is 1. The van der Waals surface area contributed by atoms with Gasteiger partial charge in [-0.05, 0) is 19.9 Å². The lowest BCUT2D eigenvalue weighted by molar-refractivity contribution is -0.139. The highest BCUT2D eigenvalue weighted by atomic mass is 16.2. The number of pyridine rings is 1. The molecule has 1 aromatic heterocycles. The minimum Gasteiger partial charge on any atom is -0.338 e. The fourth-order valence-electron chi connectivity index (χ4n) is 2.16. The Kier molecular flexibility index (Phi) is 3.52. The maximum absolute atomic E-state index is 12.1. The highest BCUT2D eigenvalue weighted by Gasteiger charge is 2.34. The first kappa shape index (κ1) is 12.8. The van der Waals surface area contributed by atoms with E-state index in [1.807, 2.05) is 24.8 Å². The molecule has 0 radical (unpaired) electrons. The summed E-state index contributed by atoms with van der Waals surface area (Å²) < 4.78 is 1.63. The summed E-state index contributed by atoms with van der Waals surface area (Å²) >= 11 is 0. The van der Waals surface area contributed by atoms with Gasteiger partial charge in [0.25, 0.3) is 5.56 Å². The predicted molar refractivity (Wildman–Crippen MR) is 69.4 cm³/mol. The van der Waals surface area contributed by atoms with E-state index in [1.165, 1.54) is 6.07 Å². The monoisotopic (exact) mass is 249 g/mol. The molecule has 1 aliphatic rings. The van der Waals surface area contributed by atoms with Crippen LogP contribution in [0.5, 0.6) is 0 Å². The van der Waals surface area contributed by atoms with Crippen LogP contribution in [0.3, 0.4) is 0 Å². The van der Waals surface area contributed by atoms with Crippen molar-refractivity contribution in [3.63, 3.8) is 0 Å². The lowest BCUT2D eigenvalue weighted by atomic mass is 10.0. The summed E-state index contributed by atoms with van der Waals surface area (Å²) in [5.74, 6) is 0.0951. The van der Waals surface area contributed by atoms with Crippen LogP contribution in [-0.4, -0.2) is 40.5 Å². The van der Waals surface area contributed by atoms with Crippen molar-refractivity contribution in [2.75, 3.05) is 19.6 Å². The summed E-state index contributed by atoms with van der Waals surface area (Å²) in [5.41, 5.74) is -0.528. The normalized spacial score (nSPS) is 19.0. The van der Waals surface area contributed by atoms with Gasteiger partial charge >= 0.3 is 0 Å². The Balaban J connectivity index is 2.01. The second-order valence-corrected chi connectivity index (χ2v) is 5.08. The molecular weight excluding hydrogens is 230 g/mol. The van der Waals surface area contributed by atoms with E-state index in [-0.39, 0.29) is 11.5 Å². The zero-order chi connectivity index (χ0) is 13.2. The van der Waals surface area contributed by atoms with Crippen LogP contribution in [0.4, 0.5) is 0 Å². The molecule has 18 heavy (non-hydrogen) atoms. The van der Waals surface area contributed by atoms with Gasteiger partial charge < -0.3 is 14.8 Å². The third-order valence-corrected chi connectivity index (χ3v) is 3.28. The first-order chi connectivity index (χ1) is 8.50. The van der Waals surface area contributed by atoms with Gasteiger partial charge in [0, 0.05) is 38.4 Å². The van der Waals surface area contributed by atoms with Gasteiger partial charge in [0.15, 0.2) is 0 Å². The van der Waals surface area contributed by atoms with E-state index in [4.69, 9.17) is 0 Å². The number of nitrogens with zero attached hydrogens (tertiary/aromatic N) is 2. The number of aromatic nitrogens is 1. The Hall–Kier alpha value is -1.62.